The predicted octanol–water partition coefficient (Wildman–Crippen LogP) is 4.44. The van der Waals surface area contributed by atoms with Gasteiger partial charge in [0.25, 0.3) is 5.91 Å². The van der Waals surface area contributed by atoms with E-state index >= 15 is 0 Å². The minimum atomic E-state index is -0.679. The zero-order valence-corrected chi connectivity index (χ0v) is 18.5. The van der Waals surface area contributed by atoms with Crippen LogP contribution in [-0.4, -0.2) is 35.4 Å². The van der Waals surface area contributed by atoms with Gasteiger partial charge in [-0.25, -0.2) is 4.39 Å². The highest BCUT2D eigenvalue weighted by Gasteiger charge is 2.28. The Bertz CT molecular complexity index is 886. The summed E-state index contributed by atoms with van der Waals surface area (Å²) in [5.74, 6) is -1.09. The summed E-state index contributed by atoms with van der Waals surface area (Å²) in [7, 11) is 0. The standard InChI is InChI=1S/C23H26BrFN2O3/c1-16(23(29)26-19-9-2-3-10-19)27(14-17-7-6-8-18(24)13-17)22(28)15-30-21-12-5-4-11-20(21)25/h4-8,11-13,16,19H,2-3,9-10,14-15H2,1H3,(H,26,29). The first-order chi connectivity index (χ1) is 14.4. The molecule has 0 spiro atoms. The van der Waals surface area contributed by atoms with Crippen molar-refractivity contribution >= 4 is 27.7 Å². The molecule has 0 bridgehead atoms. The molecule has 1 fully saturated rings. The molecule has 1 aliphatic rings. The van der Waals surface area contributed by atoms with Crippen LogP contribution in [0.4, 0.5) is 4.39 Å². The Morgan fingerprint density at radius 2 is 1.93 bits per heavy atom. The summed E-state index contributed by atoms with van der Waals surface area (Å²) < 4.78 is 20.1. The van der Waals surface area contributed by atoms with Gasteiger partial charge in [-0.05, 0) is 49.6 Å². The molecule has 0 heterocycles. The van der Waals surface area contributed by atoms with Crippen LogP contribution in [-0.2, 0) is 16.1 Å². The predicted molar refractivity (Wildman–Crippen MR) is 116 cm³/mol. The Morgan fingerprint density at radius 3 is 2.63 bits per heavy atom. The topological polar surface area (TPSA) is 58.6 Å². The minimum absolute atomic E-state index is 0.0105. The first-order valence-electron chi connectivity index (χ1n) is 10.2. The van der Waals surface area contributed by atoms with E-state index in [4.69, 9.17) is 4.74 Å². The van der Waals surface area contributed by atoms with Crippen molar-refractivity contribution in [2.24, 2.45) is 0 Å². The van der Waals surface area contributed by atoms with E-state index in [1.807, 2.05) is 24.3 Å². The number of ether oxygens (including phenoxy) is 1. The van der Waals surface area contributed by atoms with E-state index in [-0.39, 0.29) is 36.8 Å². The highest BCUT2D eigenvalue weighted by molar-refractivity contribution is 9.10. The van der Waals surface area contributed by atoms with Crippen molar-refractivity contribution in [3.05, 3.63) is 64.4 Å². The smallest absolute Gasteiger partial charge is 0.261 e. The lowest BCUT2D eigenvalue weighted by Gasteiger charge is -2.29. The average molecular weight is 477 g/mol. The maximum absolute atomic E-state index is 13.8. The molecule has 2 aromatic rings. The molecule has 30 heavy (non-hydrogen) atoms. The molecule has 0 aromatic heterocycles. The molecule has 7 heteroatoms. The Labute approximate surface area is 184 Å². The molecule has 1 saturated carbocycles. The number of nitrogens with zero attached hydrogens (tertiary/aromatic N) is 1. The monoisotopic (exact) mass is 476 g/mol. The van der Waals surface area contributed by atoms with Gasteiger partial charge in [0.2, 0.25) is 5.91 Å². The van der Waals surface area contributed by atoms with Crippen LogP contribution in [0.25, 0.3) is 0 Å². The molecule has 0 aliphatic heterocycles. The second-order valence-corrected chi connectivity index (χ2v) is 8.45. The number of hydrogen-bond donors (Lipinski definition) is 1. The molecule has 1 unspecified atom stereocenters. The van der Waals surface area contributed by atoms with E-state index in [0.29, 0.717) is 0 Å². The van der Waals surface area contributed by atoms with Gasteiger partial charge >= 0.3 is 0 Å². The molecule has 3 rings (SSSR count). The largest absolute Gasteiger partial charge is 0.481 e. The number of amides is 2. The van der Waals surface area contributed by atoms with Crippen molar-refractivity contribution in [1.82, 2.24) is 10.2 Å². The molecule has 0 saturated heterocycles. The van der Waals surface area contributed by atoms with Crippen molar-refractivity contribution in [2.75, 3.05) is 6.61 Å². The van der Waals surface area contributed by atoms with Gasteiger partial charge in [-0.1, -0.05) is 53.0 Å². The average Bonchev–Trinajstić information content (AvgIpc) is 3.24. The van der Waals surface area contributed by atoms with Crippen LogP contribution in [0.3, 0.4) is 0 Å². The van der Waals surface area contributed by atoms with Crippen LogP contribution in [0, 0.1) is 5.82 Å². The summed E-state index contributed by atoms with van der Waals surface area (Å²) in [5, 5.41) is 3.05. The fourth-order valence-corrected chi connectivity index (χ4v) is 4.04. The number of rotatable bonds is 8. The van der Waals surface area contributed by atoms with Crippen LogP contribution in [0.1, 0.15) is 38.2 Å². The second kappa shape index (κ2) is 10.6. The molecule has 1 aliphatic carbocycles. The first kappa shape index (κ1) is 22.3. The maximum Gasteiger partial charge on any atom is 0.261 e. The van der Waals surface area contributed by atoms with Gasteiger partial charge in [-0.2, -0.15) is 0 Å². The molecule has 1 N–H and O–H groups in total. The minimum Gasteiger partial charge on any atom is -0.481 e. The number of carbonyl (C=O) groups excluding carboxylic acids is 2. The third-order valence-corrected chi connectivity index (χ3v) is 5.79. The molecular weight excluding hydrogens is 451 g/mol. The van der Waals surface area contributed by atoms with Gasteiger partial charge in [0.1, 0.15) is 6.04 Å². The van der Waals surface area contributed by atoms with E-state index in [0.717, 1.165) is 35.7 Å². The van der Waals surface area contributed by atoms with Gasteiger partial charge in [-0.3, -0.25) is 9.59 Å². The van der Waals surface area contributed by atoms with Crippen molar-refractivity contribution in [1.29, 1.82) is 0 Å². The number of nitrogens with one attached hydrogen (secondary N) is 1. The fraction of sp³-hybridized carbons (Fsp3) is 0.391. The molecule has 1 atom stereocenters. The molecule has 0 radical (unpaired) electrons. The molecule has 2 aromatic carbocycles. The Morgan fingerprint density at radius 1 is 1.20 bits per heavy atom. The third kappa shape index (κ3) is 6.05. The number of hydrogen-bond acceptors (Lipinski definition) is 3. The molecule has 5 nitrogen and oxygen atoms in total. The van der Waals surface area contributed by atoms with E-state index in [2.05, 4.69) is 21.2 Å². The lowest BCUT2D eigenvalue weighted by Crippen LogP contribution is -2.50. The van der Waals surface area contributed by atoms with Gasteiger partial charge in [-0.15, -0.1) is 0 Å². The van der Waals surface area contributed by atoms with Gasteiger partial charge in [0.05, 0.1) is 0 Å². The van der Waals surface area contributed by atoms with Crippen LogP contribution < -0.4 is 10.1 Å². The molecular formula is C23H26BrFN2O3. The Balaban J connectivity index is 1.72. The quantitative estimate of drug-likeness (QED) is 0.612. The van der Waals surface area contributed by atoms with E-state index < -0.39 is 11.9 Å². The number of carbonyl (C=O) groups is 2. The van der Waals surface area contributed by atoms with Crippen molar-refractivity contribution in [2.45, 2.75) is 51.2 Å². The van der Waals surface area contributed by atoms with Crippen molar-refractivity contribution in [3.63, 3.8) is 0 Å². The van der Waals surface area contributed by atoms with E-state index in [1.165, 1.54) is 17.0 Å². The van der Waals surface area contributed by atoms with E-state index in [9.17, 15) is 14.0 Å². The normalized spacial score (nSPS) is 14.9. The summed E-state index contributed by atoms with van der Waals surface area (Å²) in [5.41, 5.74) is 0.879. The fourth-order valence-electron chi connectivity index (χ4n) is 3.59. The lowest BCUT2D eigenvalue weighted by atomic mass is 10.1. The van der Waals surface area contributed by atoms with Crippen LogP contribution in [0.2, 0.25) is 0 Å². The number of para-hydroxylation sites is 1. The van der Waals surface area contributed by atoms with Gasteiger partial charge in [0.15, 0.2) is 18.2 Å². The summed E-state index contributed by atoms with van der Waals surface area (Å²) in [6.07, 6.45) is 4.15. The number of halogens is 2. The van der Waals surface area contributed by atoms with E-state index in [1.54, 1.807) is 19.1 Å². The van der Waals surface area contributed by atoms with Crippen LogP contribution in [0.5, 0.6) is 5.75 Å². The van der Waals surface area contributed by atoms with Crippen LogP contribution in [0.15, 0.2) is 53.0 Å². The summed E-state index contributed by atoms with van der Waals surface area (Å²) >= 11 is 3.43. The Kier molecular flexibility index (Phi) is 7.85. The SMILES string of the molecule is CC(C(=O)NC1CCCC1)N(Cc1cccc(Br)c1)C(=O)COc1ccccc1F. The summed E-state index contributed by atoms with van der Waals surface area (Å²) in [4.78, 5) is 27.3. The maximum atomic E-state index is 13.8. The molecule has 2 amide bonds. The Hall–Kier alpha value is -2.41. The highest BCUT2D eigenvalue weighted by atomic mass is 79.9. The first-order valence-corrected chi connectivity index (χ1v) is 10.9. The van der Waals surface area contributed by atoms with Crippen LogP contribution >= 0.6 is 15.9 Å². The summed E-state index contributed by atoms with van der Waals surface area (Å²) in [6.45, 7) is 1.61. The summed E-state index contributed by atoms with van der Waals surface area (Å²) in [6, 6.07) is 13.0. The highest BCUT2D eigenvalue weighted by Crippen LogP contribution is 2.20. The van der Waals surface area contributed by atoms with Gasteiger partial charge < -0.3 is 15.0 Å². The molecule has 160 valence electrons. The zero-order valence-electron chi connectivity index (χ0n) is 16.9. The lowest BCUT2D eigenvalue weighted by molar-refractivity contribution is -0.142. The zero-order chi connectivity index (χ0) is 21.5. The van der Waals surface area contributed by atoms with Crippen molar-refractivity contribution < 1.29 is 18.7 Å². The van der Waals surface area contributed by atoms with Crippen molar-refractivity contribution in [3.8, 4) is 5.75 Å². The second-order valence-electron chi connectivity index (χ2n) is 7.54. The number of benzene rings is 2. The third-order valence-electron chi connectivity index (χ3n) is 5.30. The van der Waals surface area contributed by atoms with Gasteiger partial charge in [0, 0.05) is 17.1 Å².